The van der Waals surface area contributed by atoms with E-state index < -0.39 is 38.6 Å². The molecule has 0 bridgehead atoms. The molecule has 0 fully saturated rings. The first kappa shape index (κ1) is 50.4. The molecule has 304 valence electrons. The van der Waals surface area contributed by atoms with Gasteiger partial charge in [0, 0.05) is 6.54 Å². The van der Waals surface area contributed by atoms with Gasteiger partial charge in [0.25, 0.3) is 0 Å². The zero-order valence-electron chi connectivity index (χ0n) is 33.1. The van der Waals surface area contributed by atoms with Crippen molar-refractivity contribution < 1.29 is 33.5 Å². The Balaban J connectivity index is 4.48. The highest BCUT2D eigenvalue weighted by Gasteiger charge is 2.27. The van der Waals surface area contributed by atoms with Crippen molar-refractivity contribution in [1.82, 2.24) is 5.32 Å². The maximum Gasteiger partial charge on any atom is 0.472 e. The summed E-state index contributed by atoms with van der Waals surface area (Å²) < 4.78 is 22.0. The van der Waals surface area contributed by atoms with E-state index in [4.69, 9.17) is 14.8 Å². The van der Waals surface area contributed by atoms with Crippen LogP contribution in [0.15, 0.2) is 48.6 Å². The average Bonchev–Trinajstić information content (AvgIpc) is 3.12. The Morgan fingerprint density at radius 3 is 1.67 bits per heavy atom. The maximum atomic E-state index is 12.7. The van der Waals surface area contributed by atoms with Gasteiger partial charge in [-0.3, -0.25) is 13.8 Å². The minimum atomic E-state index is -4.42. The van der Waals surface area contributed by atoms with Gasteiger partial charge in [-0.2, -0.15) is 0 Å². The summed E-state index contributed by atoms with van der Waals surface area (Å²) in [6.07, 6.45) is 42.3. The number of unbranched alkanes of at least 4 members (excludes halogenated alkanes) is 20. The van der Waals surface area contributed by atoms with E-state index in [0.717, 1.165) is 19.3 Å². The van der Waals surface area contributed by atoms with E-state index in [9.17, 15) is 24.5 Å². The molecule has 1 amide bonds. The van der Waals surface area contributed by atoms with Gasteiger partial charge >= 0.3 is 7.82 Å². The van der Waals surface area contributed by atoms with Gasteiger partial charge in [-0.25, -0.2) is 4.57 Å². The van der Waals surface area contributed by atoms with Gasteiger partial charge in [0.2, 0.25) is 5.91 Å². The number of aliphatic hydroxyl groups excluding tert-OH is 2. The first-order valence-corrected chi connectivity index (χ1v) is 22.4. The molecule has 0 aromatic carbocycles. The number of aliphatic hydroxyl groups is 2. The number of rotatable bonds is 38. The number of allylic oxidation sites excluding steroid dienone is 6. The second kappa shape index (κ2) is 37.7. The summed E-state index contributed by atoms with van der Waals surface area (Å²) in [5, 5.41) is 23.8. The number of phosphoric acid groups is 1. The molecule has 4 atom stereocenters. The van der Waals surface area contributed by atoms with Crippen LogP contribution in [0.2, 0.25) is 0 Å². The highest BCUT2D eigenvalue weighted by Crippen LogP contribution is 2.43. The highest BCUT2D eigenvalue weighted by atomic mass is 31.2. The molecule has 0 heterocycles. The van der Waals surface area contributed by atoms with Crippen LogP contribution in [0, 0.1) is 0 Å². The van der Waals surface area contributed by atoms with Crippen molar-refractivity contribution in [2.24, 2.45) is 5.73 Å². The average molecular weight is 755 g/mol. The zero-order valence-corrected chi connectivity index (χ0v) is 34.0. The number of hydrogen-bond donors (Lipinski definition) is 5. The van der Waals surface area contributed by atoms with Gasteiger partial charge in [-0.05, 0) is 44.9 Å². The second-order valence-electron chi connectivity index (χ2n) is 14.0. The van der Waals surface area contributed by atoms with Crippen molar-refractivity contribution in [3.63, 3.8) is 0 Å². The molecule has 0 aromatic heterocycles. The van der Waals surface area contributed by atoms with Crippen molar-refractivity contribution in [2.75, 3.05) is 19.8 Å². The summed E-state index contributed by atoms with van der Waals surface area (Å²) in [6.45, 7) is 3.88. The maximum absolute atomic E-state index is 12.7. The summed E-state index contributed by atoms with van der Waals surface area (Å²) in [5.74, 6) is -0.524. The van der Waals surface area contributed by atoms with Crippen molar-refractivity contribution in [1.29, 1.82) is 0 Å². The summed E-state index contributed by atoms with van der Waals surface area (Å²) in [4.78, 5) is 22.6. The quantitative estimate of drug-likeness (QED) is 0.0237. The van der Waals surface area contributed by atoms with Crippen LogP contribution in [-0.4, -0.2) is 59.0 Å². The highest BCUT2D eigenvalue weighted by molar-refractivity contribution is 7.47. The molecule has 0 rings (SSSR count). The lowest BCUT2D eigenvalue weighted by molar-refractivity contribution is -0.124. The van der Waals surface area contributed by atoms with Gasteiger partial charge in [0.05, 0.1) is 37.9 Å². The van der Waals surface area contributed by atoms with E-state index in [1.165, 1.54) is 122 Å². The van der Waals surface area contributed by atoms with Crippen LogP contribution < -0.4 is 11.1 Å². The molecule has 0 saturated carbocycles. The third kappa shape index (κ3) is 35.4. The Morgan fingerprint density at radius 1 is 0.654 bits per heavy atom. The van der Waals surface area contributed by atoms with E-state index in [0.29, 0.717) is 12.8 Å². The molecule has 0 aliphatic rings. The van der Waals surface area contributed by atoms with Crippen molar-refractivity contribution in [3.8, 4) is 0 Å². The predicted octanol–water partition coefficient (Wildman–Crippen LogP) is 10.3. The third-order valence-electron chi connectivity index (χ3n) is 8.94. The number of amides is 1. The lowest BCUT2D eigenvalue weighted by Gasteiger charge is -2.23. The summed E-state index contributed by atoms with van der Waals surface area (Å²) in [6, 6.07) is -1.03. The molecule has 4 unspecified atom stereocenters. The van der Waals surface area contributed by atoms with Crippen molar-refractivity contribution >= 4 is 13.7 Å². The van der Waals surface area contributed by atoms with E-state index in [2.05, 4.69) is 43.5 Å². The summed E-state index contributed by atoms with van der Waals surface area (Å²) in [7, 11) is -4.42. The molecule has 9 nitrogen and oxygen atoms in total. The topological polar surface area (TPSA) is 151 Å². The number of nitrogens with two attached hydrogens (primary N) is 1. The van der Waals surface area contributed by atoms with Crippen molar-refractivity contribution in [3.05, 3.63) is 48.6 Å². The van der Waals surface area contributed by atoms with E-state index in [1.807, 2.05) is 12.2 Å². The minimum Gasteiger partial charge on any atom is -0.389 e. The van der Waals surface area contributed by atoms with Crippen LogP contribution >= 0.6 is 7.82 Å². The standard InChI is InChI=1S/C42H79N2O7P/c1-3-5-7-9-11-13-15-16-17-18-19-20-21-22-24-26-28-30-32-34-41(46)40(38-51-52(48,49)50-36-35-43)44-42(47)37-39(45)33-31-29-27-25-23-14-12-10-8-6-4-2/h24-27,31-34,39-41,45-46H,3-23,28-30,35-38,43H2,1-2H3,(H,44,47)(H,48,49)/b26-24+,27-25-,33-31-,34-32+. The normalized spacial score (nSPS) is 15.3. The van der Waals surface area contributed by atoms with Crippen LogP contribution in [0.5, 0.6) is 0 Å². The largest absolute Gasteiger partial charge is 0.472 e. The Labute approximate surface area is 318 Å². The summed E-state index contributed by atoms with van der Waals surface area (Å²) in [5.41, 5.74) is 5.35. The number of hydrogen-bond acceptors (Lipinski definition) is 7. The van der Waals surface area contributed by atoms with Crippen LogP contribution in [0.1, 0.15) is 174 Å². The first-order chi connectivity index (χ1) is 25.3. The Morgan fingerprint density at radius 2 is 1.13 bits per heavy atom. The lowest BCUT2D eigenvalue weighted by Crippen LogP contribution is -2.46. The summed E-state index contributed by atoms with van der Waals surface area (Å²) >= 11 is 0. The third-order valence-corrected chi connectivity index (χ3v) is 9.92. The number of phosphoric ester groups is 1. The van der Waals surface area contributed by atoms with Crippen LogP contribution in [0.25, 0.3) is 0 Å². The fourth-order valence-electron chi connectivity index (χ4n) is 5.78. The van der Waals surface area contributed by atoms with Gasteiger partial charge in [-0.15, -0.1) is 0 Å². The fraction of sp³-hybridized carbons (Fsp3) is 0.786. The molecule has 0 spiro atoms. The molecule has 6 N–H and O–H groups in total. The fourth-order valence-corrected chi connectivity index (χ4v) is 6.54. The van der Waals surface area contributed by atoms with Gasteiger partial charge in [0.1, 0.15) is 0 Å². The van der Waals surface area contributed by atoms with Gasteiger partial charge in [-0.1, -0.05) is 172 Å². The van der Waals surface area contributed by atoms with Crippen LogP contribution in [-0.2, 0) is 18.4 Å². The van der Waals surface area contributed by atoms with Crippen molar-refractivity contribution in [2.45, 2.75) is 193 Å². The molecular formula is C42H79N2O7P. The molecule has 0 saturated heterocycles. The molecular weight excluding hydrogens is 675 g/mol. The second-order valence-corrected chi connectivity index (χ2v) is 15.5. The molecule has 0 aromatic rings. The Kier molecular flexibility index (Phi) is 36.6. The molecule has 10 heteroatoms. The van der Waals surface area contributed by atoms with E-state index in [-0.39, 0.29) is 19.6 Å². The molecule has 0 aliphatic carbocycles. The number of carbonyl (C=O) groups is 1. The Hall–Kier alpha value is -1.58. The van der Waals surface area contributed by atoms with Gasteiger partial charge < -0.3 is 26.2 Å². The number of nitrogens with one attached hydrogen (secondary N) is 1. The first-order valence-electron chi connectivity index (χ1n) is 20.9. The zero-order chi connectivity index (χ0) is 38.4. The van der Waals surface area contributed by atoms with E-state index >= 15 is 0 Å². The van der Waals surface area contributed by atoms with E-state index in [1.54, 1.807) is 12.2 Å². The molecule has 0 radical (unpaired) electrons. The molecule has 52 heavy (non-hydrogen) atoms. The van der Waals surface area contributed by atoms with Gasteiger partial charge in [0.15, 0.2) is 0 Å². The predicted molar refractivity (Wildman–Crippen MR) is 218 cm³/mol. The minimum absolute atomic E-state index is 0.0353. The van der Waals surface area contributed by atoms with Crippen LogP contribution in [0.4, 0.5) is 0 Å². The smallest absolute Gasteiger partial charge is 0.389 e. The number of carbonyl (C=O) groups excluding carboxylic acids is 1. The SMILES string of the molecule is CCCCCCCC/C=C\C/C=C\C(O)CC(=O)NC(COP(=O)(O)OCCN)C(O)/C=C/CC/C=C/CCCCCCCCCCCCCCC. The Bertz CT molecular complexity index is 972. The van der Waals surface area contributed by atoms with Crippen LogP contribution in [0.3, 0.4) is 0 Å². The molecule has 0 aliphatic heterocycles. The monoisotopic (exact) mass is 755 g/mol. The lowest BCUT2D eigenvalue weighted by atomic mass is 10.0.